The number of anilines is 1. The second-order valence-electron chi connectivity index (χ2n) is 9.04. The highest BCUT2D eigenvalue weighted by molar-refractivity contribution is 5.68. The van der Waals surface area contributed by atoms with E-state index in [2.05, 4.69) is 15.4 Å². The van der Waals surface area contributed by atoms with Gasteiger partial charge in [-0.05, 0) is 80.7 Å². The Morgan fingerprint density at radius 2 is 1.77 bits per heavy atom. The smallest absolute Gasteiger partial charge is 0.303 e. The molecule has 0 saturated carbocycles. The van der Waals surface area contributed by atoms with Crippen LogP contribution in [0.25, 0.3) is 16.9 Å². The van der Waals surface area contributed by atoms with Gasteiger partial charge in [-0.1, -0.05) is 12.1 Å². The SMILES string of the molecule is O=C(O)CCCCC(=O)O.[2H]c1c([2H])c(-c2cnc3ccc(NC(C)c4cccc(F)c4)nn23)c([2H])c([2H])c1OCC(C)N. The summed E-state index contributed by atoms with van der Waals surface area (Å²) in [6.45, 7) is 3.65. The molecule has 2 aromatic heterocycles. The van der Waals surface area contributed by atoms with E-state index in [1.54, 1.807) is 31.2 Å². The molecule has 2 unspecified atom stereocenters. The van der Waals surface area contributed by atoms with E-state index in [0.29, 0.717) is 30.0 Å². The fourth-order valence-corrected chi connectivity index (χ4v) is 3.47. The van der Waals surface area contributed by atoms with Crippen LogP contribution >= 0.6 is 0 Å². The number of nitrogens with zero attached hydrogens (tertiary/aromatic N) is 3. The van der Waals surface area contributed by atoms with Crippen molar-refractivity contribution < 1.29 is 34.4 Å². The number of ether oxygens (including phenoxy) is 1. The van der Waals surface area contributed by atoms with Crippen molar-refractivity contribution >= 4 is 23.4 Å². The molecule has 0 fully saturated rings. The van der Waals surface area contributed by atoms with Crippen LogP contribution in [-0.2, 0) is 9.59 Å². The summed E-state index contributed by atoms with van der Waals surface area (Å²) >= 11 is 0. The number of carboxylic acid groups (broad SMARTS) is 2. The predicted molar refractivity (Wildman–Crippen MR) is 150 cm³/mol. The molecule has 0 spiro atoms. The second-order valence-corrected chi connectivity index (χ2v) is 9.04. The van der Waals surface area contributed by atoms with Crippen LogP contribution in [0.3, 0.4) is 0 Å². The first-order valence-electron chi connectivity index (χ1n) is 14.6. The minimum absolute atomic E-state index is 0.0541. The van der Waals surface area contributed by atoms with Gasteiger partial charge in [0, 0.05) is 24.4 Å². The van der Waals surface area contributed by atoms with Crippen LogP contribution in [0.4, 0.5) is 10.2 Å². The van der Waals surface area contributed by atoms with Gasteiger partial charge in [0.1, 0.15) is 24.0 Å². The molecule has 10 nitrogen and oxygen atoms in total. The normalized spacial score (nSPS) is 13.6. The van der Waals surface area contributed by atoms with Gasteiger partial charge in [-0.2, -0.15) is 0 Å². The maximum Gasteiger partial charge on any atom is 0.303 e. The number of nitrogens with two attached hydrogens (primary N) is 1. The number of nitrogens with one attached hydrogen (secondary N) is 1. The Labute approximate surface area is 237 Å². The number of carboxylic acids is 2. The van der Waals surface area contributed by atoms with Gasteiger partial charge in [-0.15, -0.1) is 5.10 Å². The fourth-order valence-electron chi connectivity index (χ4n) is 3.47. The number of benzene rings is 2. The molecule has 0 aliphatic heterocycles. The number of unbranched alkanes of at least 4 members (excludes halogenated alkanes) is 1. The van der Waals surface area contributed by atoms with Gasteiger partial charge < -0.3 is 26.0 Å². The van der Waals surface area contributed by atoms with Crippen LogP contribution in [0.2, 0.25) is 0 Å². The fraction of sp³-hybridized carbons (Fsp3) is 0.310. The average molecular weight is 556 g/mol. The molecule has 0 aliphatic carbocycles. The Morgan fingerprint density at radius 3 is 2.38 bits per heavy atom. The van der Waals surface area contributed by atoms with Crippen molar-refractivity contribution in [3.05, 3.63) is 78.1 Å². The number of halogens is 1. The molecule has 0 bridgehead atoms. The van der Waals surface area contributed by atoms with Gasteiger partial charge in [-0.25, -0.2) is 13.9 Å². The molecule has 2 heterocycles. The van der Waals surface area contributed by atoms with Crippen LogP contribution in [-0.4, -0.2) is 49.4 Å². The quantitative estimate of drug-likeness (QED) is 0.174. The van der Waals surface area contributed by atoms with Crippen LogP contribution < -0.4 is 15.8 Å². The number of aromatic nitrogens is 3. The first-order valence-corrected chi connectivity index (χ1v) is 12.6. The third-order valence-electron chi connectivity index (χ3n) is 5.46. The Hall–Kier alpha value is -4.51. The molecule has 0 amide bonds. The molecule has 4 rings (SSSR count). The molecular weight excluding hydrogens is 517 g/mol. The highest BCUT2D eigenvalue weighted by Crippen LogP contribution is 2.25. The molecule has 4 aromatic rings. The lowest BCUT2D eigenvalue weighted by Gasteiger charge is -2.15. The number of hydrogen-bond acceptors (Lipinski definition) is 7. The number of carbonyl (C=O) groups is 2. The van der Waals surface area contributed by atoms with Crippen molar-refractivity contribution in [3.63, 3.8) is 0 Å². The van der Waals surface area contributed by atoms with Gasteiger partial charge in [0.2, 0.25) is 0 Å². The molecule has 5 N–H and O–H groups in total. The number of fused-ring (bicyclic) bond motifs is 1. The lowest BCUT2D eigenvalue weighted by Crippen LogP contribution is -2.23. The first-order chi connectivity index (χ1) is 20.8. The van der Waals surface area contributed by atoms with E-state index in [4.69, 9.17) is 26.2 Å². The van der Waals surface area contributed by atoms with Gasteiger partial charge in [-0.3, -0.25) is 9.59 Å². The van der Waals surface area contributed by atoms with Crippen molar-refractivity contribution in [2.75, 3.05) is 11.9 Å². The van der Waals surface area contributed by atoms with E-state index >= 15 is 0 Å². The Kier molecular flexibility index (Phi) is 8.95. The van der Waals surface area contributed by atoms with Crippen molar-refractivity contribution in [1.29, 1.82) is 0 Å². The Morgan fingerprint density at radius 1 is 1.10 bits per heavy atom. The molecule has 11 heteroatoms. The minimum atomic E-state index is -0.870. The summed E-state index contributed by atoms with van der Waals surface area (Å²) in [7, 11) is 0. The molecule has 0 saturated heterocycles. The van der Waals surface area contributed by atoms with Crippen LogP contribution in [0.5, 0.6) is 5.75 Å². The summed E-state index contributed by atoms with van der Waals surface area (Å²) in [6.07, 6.45) is 2.47. The lowest BCUT2D eigenvalue weighted by molar-refractivity contribution is -0.139. The van der Waals surface area contributed by atoms with E-state index in [1.807, 2.05) is 6.92 Å². The number of hydrogen-bond donors (Lipinski definition) is 4. The van der Waals surface area contributed by atoms with Gasteiger partial charge in [0.25, 0.3) is 0 Å². The molecule has 0 aliphatic rings. The van der Waals surface area contributed by atoms with E-state index < -0.39 is 11.9 Å². The summed E-state index contributed by atoms with van der Waals surface area (Å²) in [5.74, 6) is -1.75. The van der Waals surface area contributed by atoms with E-state index in [9.17, 15) is 14.0 Å². The minimum Gasteiger partial charge on any atom is -0.492 e. The summed E-state index contributed by atoms with van der Waals surface area (Å²) in [4.78, 5) is 24.1. The zero-order chi connectivity index (χ0) is 32.6. The monoisotopic (exact) mass is 555 g/mol. The topological polar surface area (TPSA) is 152 Å². The van der Waals surface area contributed by atoms with Crippen LogP contribution in [0.15, 0.2) is 66.8 Å². The van der Waals surface area contributed by atoms with Crippen LogP contribution in [0, 0.1) is 5.82 Å². The summed E-state index contributed by atoms with van der Waals surface area (Å²) < 4.78 is 54.1. The molecule has 212 valence electrons. The maximum absolute atomic E-state index is 13.6. The third-order valence-corrected chi connectivity index (χ3v) is 5.46. The summed E-state index contributed by atoms with van der Waals surface area (Å²) in [5.41, 5.74) is 7.26. The van der Waals surface area contributed by atoms with Crippen molar-refractivity contribution in [2.45, 2.75) is 51.6 Å². The molecule has 2 aromatic carbocycles. The zero-order valence-corrected chi connectivity index (χ0v) is 22.1. The molecule has 40 heavy (non-hydrogen) atoms. The van der Waals surface area contributed by atoms with Gasteiger partial charge in [0.15, 0.2) is 5.65 Å². The summed E-state index contributed by atoms with van der Waals surface area (Å²) in [6, 6.07) is 7.99. The van der Waals surface area contributed by atoms with Gasteiger partial charge in [0.05, 0.1) is 23.4 Å². The lowest BCUT2D eigenvalue weighted by atomic mass is 10.1. The molecule has 0 radical (unpaired) electrons. The van der Waals surface area contributed by atoms with Crippen LogP contribution in [0.1, 0.15) is 56.6 Å². The van der Waals surface area contributed by atoms with Crippen molar-refractivity contribution in [2.24, 2.45) is 5.73 Å². The van der Waals surface area contributed by atoms with E-state index in [1.165, 1.54) is 22.8 Å². The average Bonchev–Trinajstić information content (AvgIpc) is 3.37. The first kappa shape index (κ1) is 24.5. The highest BCUT2D eigenvalue weighted by atomic mass is 19.1. The zero-order valence-electron chi connectivity index (χ0n) is 26.1. The standard InChI is InChI=1S/C23H24FN5O.C6H10O4/c1-15(25)14-30-20-8-6-17(7-9-20)21-13-26-23-11-10-22(28-29(21)23)27-16(2)18-4-3-5-19(24)12-18;7-5(8)3-1-2-4-6(9)10/h3-13,15-16H,14,25H2,1-2H3,(H,27,28);1-4H2,(H,7,8)(H,9,10)/i6D,7D,8D,9D;. The van der Waals surface area contributed by atoms with Gasteiger partial charge >= 0.3 is 11.9 Å². The van der Waals surface area contributed by atoms with E-state index in [0.717, 1.165) is 5.56 Å². The third kappa shape index (κ3) is 9.35. The van der Waals surface area contributed by atoms with Crippen molar-refractivity contribution in [3.8, 4) is 17.0 Å². The maximum atomic E-state index is 13.6. The number of imidazole rings is 1. The Balaban J connectivity index is 0.000000456. The highest BCUT2D eigenvalue weighted by Gasteiger charge is 2.11. The predicted octanol–water partition coefficient (Wildman–Crippen LogP) is 5.15. The Bertz CT molecular complexity index is 1590. The van der Waals surface area contributed by atoms with E-state index in [-0.39, 0.29) is 72.8 Å². The summed E-state index contributed by atoms with van der Waals surface area (Å²) in [5, 5.41) is 24.0. The molecule has 2 atom stereocenters. The number of rotatable bonds is 12. The van der Waals surface area contributed by atoms with Crippen molar-refractivity contribution in [1.82, 2.24) is 14.6 Å². The molecular formula is C29H34FN5O5. The second kappa shape index (κ2) is 14.6. The largest absolute Gasteiger partial charge is 0.492 e. The number of aliphatic carboxylic acids is 2.